The minimum absolute atomic E-state index is 0.00775. The van der Waals surface area contributed by atoms with Gasteiger partial charge in [0, 0.05) is 36.0 Å². The van der Waals surface area contributed by atoms with Crippen LogP contribution in [0.25, 0.3) is 22.0 Å². The fraction of sp³-hybridized carbons (Fsp3) is 0.318. The van der Waals surface area contributed by atoms with E-state index in [1.165, 1.54) is 11.0 Å². The molecule has 1 aromatic heterocycles. The molecule has 3 atom stereocenters. The maximum atomic E-state index is 13.4. The maximum absolute atomic E-state index is 13.4. The molecule has 0 aliphatic carbocycles. The molecule has 4 aromatic carbocycles. The van der Waals surface area contributed by atoms with Crippen molar-refractivity contribution in [1.82, 2.24) is 15.6 Å². The third-order valence-electron chi connectivity index (χ3n) is 10.4. The van der Waals surface area contributed by atoms with Gasteiger partial charge in [-0.05, 0) is 71.9 Å². The number of para-hydroxylation sites is 1. The SMILES string of the molecule is C[CH]C(NC(=O)Cc1cccc(C[C@H](C)NC[C@@H](O[Si](C)(C)C(C)(C)C)c2ccc(O)c3[nH]c(=O)ccc23)c1)N(C(=O)O)c1ccccc1-c1ccccc1. The second kappa shape index (κ2) is 17.5. The molecule has 0 saturated heterocycles. The number of benzene rings is 4. The van der Waals surface area contributed by atoms with Gasteiger partial charge in [-0.3, -0.25) is 14.5 Å². The molecule has 10 nitrogen and oxygen atoms in total. The number of pyridine rings is 1. The number of carboxylic acid groups (broad SMARTS) is 1. The summed E-state index contributed by atoms with van der Waals surface area (Å²) < 4.78 is 6.98. The predicted molar refractivity (Wildman–Crippen MR) is 223 cm³/mol. The normalized spacial score (nSPS) is 13.6. The van der Waals surface area contributed by atoms with Crippen molar-refractivity contribution in [1.29, 1.82) is 0 Å². The van der Waals surface area contributed by atoms with Crippen molar-refractivity contribution in [2.75, 3.05) is 11.4 Å². The number of H-pyrrole nitrogens is 1. The number of amides is 2. The van der Waals surface area contributed by atoms with Crippen molar-refractivity contribution in [3.8, 4) is 16.9 Å². The van der Waals surface area contributed by atoms with E-state index in [1.54, 1.807) is 37.6 Å². The summed E-state index contributed by atoms with van der Waals surface area (Å²) >= 11 is 0. The van der Waals surface area contributed by atoms with Crippen LogP contribution in [0.3, 0.4) is 0 Å². The van der Waals surface area contributed by atoms with Gasteiger partial charge in [-0.15, -0.1) is 0 Å². The average molecular weight is 762 g/mol. The Morgan fingerprint density at radius 1 is 0.927 bits per heavy atom. The van der Waals surface area contributed by atoms with E-state index >= 15 is 0 Å². The lowest BCUT2D eigenvalue weighted by Crippen LogP contribution is -2.51. The van der Waals surface area contributed by atoms with Gasteiger partial charge < -0.3 is 30.3 Å². The second-order valence-corrected chi connectivity index (χ2v) is 20.3. The molecular formula is C44H53N4O6Si. The van der Waals surface area contributed by atoms with Gasteiger partial charge in [0.05, 0.1) is 23.7 Å². The average Bonchev–Trinajstić information content (AvgIpc) is 3.13. The summed E-state index contributed by atoms with van der Waals surface area (Å²) in [7, 11) is -2.25. The zero-order valence-electron chi connectivity index (χ0n) is 32.7. The zero-order valence-corrected chi connectivity index (χ0v) is 33.7. The van der Waals surface area contributed by atoms with E-state index < -0.39 is 20.6 Å². The first-order valence-corrected chi connectivity index (χ1v) is 21.6. The van der Waals surface area contributed by atoms with Crippen LogP contribution in [0.5, 0.6) is 5.75 Å². The Bertz CT molecular complexity index is 2160. The molecule has 0 aliphatic rings. The summed E-state index contributed by atoms with van der Waals surface area (Å²) in [4.78, 5) is 42.2. The molecule has 1 unspecified atom stereocenters. The first kappa shape index (κ1) is 40.9. The number of carbonyl (C=O) groups excluding carboxylic acids is 1. The fourth-order valence-corrected chi connectivity index (χ4v) is 7.78. The largest absolute Gasteiger partial charge is 0.506 e. The highest BCUT2D eigenvalue weighted by Gasteiger charge is 2.40. The Kier molecular flexibility index (Phi) is 13.0. The van der Waals surface area contributed by atoms with E-state index in [0.29, 0.717) is 24.2 Å². The lowest BCUT2D eigenvalue weighted by molar-refractivity contribution is -0.120. The predicted octanol–water partition coefficient (Wildman–Crippen LogP) is 8.58. The number of phenolic OH excluding ortho intramolecular Hbond substituents is 1. The minimum atomic E-state index is -2.25. The van der Waals surface area contributed by atoms with Gasteiger partial charge >= 0.3 is 6.09 Å². The number of nitrogens with one attached hydrogen (secondary N) is 3. The molecular weight excluding hydrogens is 709 g/mol. The summed E-state index contributed by atoms with van der Waals surface area (Å²) in [6.45, 7) is 15.3. The van der Waals surface area contributed by atoms with Crippen LogP contribution in [-0.2, 0) is 22.1 Å². The summed E-state index contributed by atoms with van der Waals surface area (Å²) in [5.41, 5.74) is 4.92. The number of hydrogen-bond acceptors (Lipinski definition) is 6. The van der Waals surface area contributed by atoms with Crippen LogP contribution in [-0.4, -0.2) is 54.3 Å². The Balaban J connectivity index is 1.28. The standard InChI is InChI=1S/C44H53N4O6Si/c1-8-39(48(43(52)53)36-20-13-12-19-33(36)32-17-10-9-11-18-32)46-41(51)27-31-16-14-15-30(26-31)25-29(2)45-28-38(54-55(6,7)44(3,4)5)34-21-23-37(49)42-35(34)22-24-40(50)47-42/h8-24,26,29,38-39,45,49H,25,27-28H2,1-7H3,(H,46,51)(H,47,50)(H,52,53)/t29-,38+,39?/m0/s1. The molecule has 5 N–H and O–H groups in total. The zero-order chi connectivity index (χ0) is 39.9. The van der Waals surface area contributed by atoms with Gasteiger partial charge in [-0.2, -0.15) is 0 Å². The fourth-order valence-electron chi connectivity index (χ4n) is 6.50. The summed E-state index contributed by atoms with van der Waals surface area (Å²) in [6.07, 6.45) is 0.00292. The van der Waals surface area contributed by atoms with E-state index in [1.807, 2.05) is 72.8 Å². The number of anilines is 1. The molecule has 5 aromatic rings. The quantitative estimate of drug-likeness (QED) is 0.0531. The molecule has 5 rings (SSSR count). The van der Waals surface area contributed by atoms with Crippen molar-refractivity contribution >= 4 is 36.9 Å². The summed E-state index contributed by atoms with van der Waals surface area (Å²) in [6, 6.07) is 31.4. The molecule has 11 heteroatoms. The molecule has 0 aliphatic heterocycles. The van der Waals surface area contributed by atoms with Crippen molar-refractivity contribution in [3.63, 3.8) is 0 Å². The number of aromatic nitrogens is 1. The highest BCUT2D eigenvalue weighted by molar-refractivity contribution is 6.74. The number of phenols is 1. The van der Waals surface area contributed by atoms with E-state index in [-0.39, 0.29) is 40.8 Å². The smallest absolute Gasteiger partial charge is 0.413 e. The molecule has 2 amide bonds. The summed E-state index contributed by atoms with van der Waals surface area (Å²) in [5.74, 6) is -0.295. The Hall–Kier alpha value is -5.23. The van der Waals surface area contributed by atoms with E-state index in [0.717, 1.165) is 33.2 Å². The topological polar surface area (TPSA) is 144 Å². The van der Waals surface area contributed by atoms with E-state index in [2.05, 4.69) is 56.4 Å². The number of carbonyl (C=O) groups is 2. The van der Waals surface area contributed by atoms with Crippen LogP contribution in [0.4, 0.5) is 10.5 Å². The molecule has 55 heavy (non-hydrogen) atoms. The molecule has 1 radical (unpaired) electrons. The van der Waals surface area contributed by atoms with Gasteiger partial charge in [0.25, 0.3) is 0 Å². The molecule has 1 heterocycles. The van der Waals surface area contributed by atoms with Gasteiger partial charge in [0.1, 0.15) is 11.9 Å². The van der Waals surface area contributed by atoms with Gasteiger partial charge in [0.2, 0.25) is 11.5 Å². The molecule has 0 bridgehead atoms. The highest BCUT2D eigenvalue weighted by atomic mass is 28.4. The maximum Gasteiger partial charge on any atom is 0.413 e. The first-order chi connectivity index (χ1) is 26.1. The molecule has 289 valence electrons. The third-order valence-corrected chi connectivity index (χ3v) is 14.9. The van der Waals surface area contributed by atoms with E-state index in [9.17, 15) is 24.6 Å². The lowest BCUT2D eigenvalue weighted by Gasteiger charge is -2.40. The van der Waals surface area contributed by atoms with Crippen molar-refractivity contribution in [3.05, 3.63) is 137 Å². The van der Waals surface area contributed by atoms with E-state index in [4.69, 9.17) is 4.43 Å². The Morgan fingerprint density at radius 3 is 2.31 bits per heavy atom. The third kappa shape index (κ3) is 10.1. The van der Waals surface area contributed by atoms with Crippen molar-refractivity contribution < 1.29 is 24.2 Å². The minimum Gasteiger partial charge on any atom is -0.506 e. The number of aromatic hydroxyl groups is 1. The number of hydrogen-bond donors (Lipinski definition) is 5. The molecule has 0 spiro atoms. The van der Waals surface area contributed by atoms with Crippen molar-refractivity contribution in [2.45, 2.75) is 83.9 Å². The number of rotatable bonds is 15. The van der Waals surface area contributed by atoms with Gasteiger partial charge in [-0.1, -0.05) is 107 Å². The van der Waals surface area contributed by atoms with Gasteiger partial charge in [-0.25, -0.2) is 4.79 Å². The monoisotopic (exact) mass is 761 g/mol. The van der Waals surface area contributed by atoms with Crippen LogP contribution in [0.1, 0.15) is 57.4 Å². The number of nitrogens with zero attached hydrogens (tertiary/aromatic N) is 1. The Labute approximate surface area is 324 Å². The number of fused-ring (bicyclic) bond motifs is 1. The first-order valence-electron chi connectivity index (χ1n) is 18.7. The highest BCUT2D eigenvalue weighted by Crippen LogP contribution is 2.41. The Morgan fingerprint density at radius 2 is 1.62 bits per heavy atom. The second-order valence-electron chi connectivity index (χ2n) is 15.5. The number of aromatic amines is 1. The van der Waals surface area contributed by atoms with Crippen LogP contribution >= 0.6 is 0 Å². The van der Waals surface area contributed by atoms with Crippen LogP contribution in [0.2, 0.25) is 18.1 Å². The van der Waals surface area contributed by atoms with Crippen molar-refractivity contribution in [2.24, 2.45) is 0 Å². The van der Waals surface area contributed by atoms with Crippen LogP contribution < -0.4 is 21.1 Å². The summed E-state index contributed by atoms with van der Waals surface area (Å²) in [5, 5.41) is 28.2. The van der Waals surface area contributed by atoms with Crippen LogP contribution in [0, 0.1) is 6.42 Å². The molecule has 0 fully saturated rings. The van der Waals surface area contributed by atoms with Gasteiger partial charge in [0.15, 0.2) is 8.32 Å². The lowest BCUT2D eigenvalue weighted by atomic mass is 10.0. The molecule has 0 saturated carbocycles. The van der Waals surface area contributed by atoms with Crippen LogP contribution in [0.15, 0.2) is 108 Å².